The molecule has 102 valence electrons. The molecule has 0 aliphatic carbocycles. The van der Waals surface area contributed by atoms with Gasteiger partial charge in [-0.1, -0.05) is 24.4 Å². The van der Waals surface area contributed by atoms with Crippen molar-refractivity contribution in [2.75, 3.05) is 17.3 Å². The third kappa shape index (κ3) is 3.70. The van der Waals surface area contributed by atoms with Crippen LogP contribution >= 0.6 is 61.5 Å². The van der Waals surface area contributed by atoms with E-state index in [1.807, 2.05) is 0 Å². The van der Waals surface area contributed by atoms with Gasteiger partial charge < -0.3 is 0 Å². The molecule has 1 N–H and O–H groups in total. The fourth-order valence-electron chi connectivity index (χ4n) is 1.56. The van der Waals surface area contributed by atoms with Gasteiger partial charge in [0.25, 0.3) is 0 Å². The summed E-state index contributed by atoms with van der Waals surface area (Å²) < 4.78 is 0.708. The summed E-state index contributed by atoms with van der Waals surface area (Å²) in [6.07, 6.45) is 4.78. The highest BCUT2D eigenvalue weighted by atomic mass is 32.2. The summed E-state index contributed by atoms with van der Waals surface area (Å²) in [5.41, 5.74) is -0.0443. The first-order chi connectivity index (χ1) is 9.11. The zero-order valence-electron chi connectivity index (χ0n) is 9.63. The van der Waals surface area contributed by atoms with E-state index in [1.165, 1.54) is 0 Å². The minimum absolute atomic E-state index is 0.0443. The molecule has 10 heteroatoms. The number of hydrazine groups is 1. The molecule has 1 saturated heterocycles. The third-order valence-corrected chi connectivity index (χ3v) is 4.15. The molecule has 1 aromatic rings. The van der Waals surface area contributed by atoms with Crippen molar-refractivity contribution in [2.24, 2.45) is 0 Å². The van der Waals surface area contributed by atoms with Gasteiger partial charge in [0.2, 0.25) is 0 Å². The zero-order chi connectivity index (χ0) is 13.8. The van der Waals surface area contributed by atoms with Gasteiger partial charge in [-0.2, -0.15) is 0 Å². The van der Waals surface area contributed by atoms with Gasteiger partial charge in [0, 0.05) is 24.7 Å². The Labute approximate surface area is 137 Å². The number of nitrogens with zero attached hydrogens (tertiary/aromatic N) is 4. The molecule has 1 atom stereocenters. The normalized spacial score (nSPS) is 18.1. The van der Waals surface area contributed by atoms with Crippen LogP contribution in [0, 0.1) is 0 Å². The summed E-state index contributed by atoms with van der Waals surface area (Å²) in [4.78, 5) is 8.27. The number of nitrogens with one attached hydrogen (secondary N) is 1. The number of aromatic nitrogens is 2. The van der Waals surface area contributed by atoms with Gasteiger partial charge in [-0.15, -0.1) is 37.0 Å². The Morgan fingerprint density at radius 2 is 2.16 bits per heavy atom. The first kappa shape index (κ1) is 15.3. The molecule has 1 aliphatic heterocycles. The lowest BCUT2D eigenvalue weighted by Gasteiger charge is -2.37. The highest BCUT2D eigenvalue weighted by Crippen LogP contribution is 2.25. The van der Waals surface area contributed by atoms with E-state index in [1.54, 1.807) is 40.4 Å². The molecule has 0 aromatic carbocycles. The topological polar surface area (TPSA) is 44.3 Å². The van der Waals surface area contributed by atoms with Gasteiger partial charge in [-0.25, -0.2) is 15.0 Å². The number of hydrogen-bond donors (Lipinski definition) is 3. The van der Waals surface area contributed by atoms with Crippen LogP contribution in [0.2, 0.25) is 0 Å². The molecule has 0 bridgehead atoms. The number of thiol groups is 2. The van der Waals surface area contributed by atoms with E-state index in [2.05, 4.69) is 40.5 Å². The van der Waals surface area contributed by atoms with Gasteiger partial charge in [0.1, 0.15) is 5.50 Å². The smallest absolute Gasteiger partial charge is 0.172 e. The molecular formula is C9H11N5S5. The quantitative estimate of drug-likeness (QED) is 0.422. The van der Waals surface area contributed by atoms with E-state index in [-0.39, 0.29) is 5.50 Å². The van der Waals surface area contributed by atoms with Crippen molar-refractivity contribution in [2.45, 2.75) is 5.50 Å². The fourth-order valence-corrected chi connectivity index (χ4v) is 3.51. The monoisotopic (exact) mass is 349 g/mol. The Hall–Kier alpha value is -0.130. The number of hydrogen-bond acceptors (Lipinski definition) is 6. The van der Waals surface area contributed by atoms with Crippen LogP contribution in [0.15, 0.2) is 18.6 Å². The number of rotatable bonds is 2. The Morgan fingerprint density at radius 1 is 1.37 bits per heavy atom. The lowest BCUT2D eigenvalue weighted by atomic mass is 10.6. The Kier molecular flexibility index (Phi) is 5.66. The van der Waals surface area contributed by atoms with Crippen LogP contribution in [0.25, 0.3) is 0 Å². The highest BCUT2D eigenvalue weighted by molar-refractivity contribution is 8.12. The van der Waals surface area contributed by atoms with Crippen LogP contribution < -0.4 is 10.3 Å². The van der Waals surface area contributed by atoms with Crippen molar-refractivity contribution in [3.8, 4) is 0 Å². The van der Waals surface area contributed by atoms with Crippen molar-refractivity contribution in [1.82, 2.24) is 20.3 Å². The number of thiocarbonyl (C=S) groups is 2. The second-order valence-electron chi connectivity index (χ2n) is 3.46. The molecule has 2 heterocycles. The average Bonchev–Trinajstić information content (AvgIpc) is 2.89. The van der Waals surface area contributed by atoms with Crippen molar-refractivity contribution >= 4 is 75.9 Å². The van der Waals surface area contributed by atoms with E-state index in [4.69, 9.17) is 24.4 Å². The summed E-state index contributed by atoms with van der Waals surface area (Å²) in [6, 6.07) is 0. The van der Waals surface area contributed by atoms with E-state index >= 15 is 0 Å². The van der Waals surface area contributed by atoms with Crippen LogP contribution in [-0.2, 0) is 0 Å². The lowest BCUT2D eigenvalue weighted by molar-refractivity contribution is 0.389. The summed E-state index contributed by atoms with van der Waals surface area (Å²) in [5.74, 6) is 1.54. The molecule has 0 saturated carbocycles. The van der Waals surface area contributed by atoms with Gasteiger partial charge in [-0.05, 0) is 0 Å². The molecule has 1 fully saturated rings. The van der Waals surface area contributed by atoms with Crippen LogP contribution in [-0.4, -0.2) is 41.4 Å². The Morgan fingerprint density at radius 3 is 2.63 bits per heavy atom. The Balaban J connectivity index is 2.35. The summed E-state index contributed by atoms with van der Waals surface area (Å²) >= 11 is 20.6. The van der Waals surface area contributed by atoms with Crippen molar-refractivity contribution < 1.29 is 0 Å². The molecule has 0 amide bonds. The lowest BCUT2D eigenvalue weighted by Crippen LogP contribution is -2.54. The van der Waals surface area contributed by atoms with E-state index < -0.39 is 0 Å². The third-order valence-electron chi connectivity index (χ3n) is 2.28. The SMILES string of the molecule is S=C(S)N(c1cnccn1)N(C(=S)S)C1NCCS1. The second kappa shape index (κ2) is 7.04. The number of anilines is 1. The van der Waals surface area contributed by atoms with Crippen molar-refractivity contribution in [1.29, 1.82) is 0 Å². The minimum Gasteiger partial charge on any atom is -0.286 e. The van der Waals surface area contributed by atoms with E-state index in [9.17, 15) is 0 Å². The molecule has 19 heavy (non-hydrogen) atoms. The second-order valence-corrected chi connectivity index (χ2v) is 6.88. The molecule has 1 unspecified atom stereocenters. The van der Waals surface area contributed by atoms with Crippen LogP contribution in [0.5, 0.6) is 0 Å². The predicted molar refractivity (Wildman–Crippen MR) is 93.8 cm³/mol. The van der Waals surface area contributed by atoms with Gasteiger partial charge in [0.15, 0.2) is 14.5 Å². The summed E-state index contributed by atoms with van der Waals surface area (Å²) in [5, 5.41) is 6.68. The van der Waals surface area contributed by atoms with Crippen molar-refractivity contribution in [3.05, 3.63) is 18.6 Å². The molecule has 5 nitrogen and oxygen atoms in total. The van der Waals surface area contributed by atoms with Crippen LogP contribution in [0.1, 0.15) is 0 Å². The van der Waals surface area contributed by atoms with Gasteiger partial charge in [-0.3, -0.25) is 10.3 Å². The molecule has 2 rings (SSSR count). The van der Waals surface area contributed by atoms with E-state index in [0.717, 1.165) is 12.3 Å². The van der Waals surface area contributed by atoms with Crippen molar-refractivity contribution in [3.63, 3.8) is 0 Å². The molecule has 0 spiro atoms. The highest BCUT2D eigenvalue weighted by Gasteiger charge is 2.31. The summed E-state index contributed by atoms with van der Waals surface area (Å²) in [6.45, 7) is 0.899. The standard InChI is InChI=1S/C9H11N5S5/c15-8(16)13(6-5-10-1-2-11-6)14(9(17)18)7-12-3-4-19-7/h1-2,5,7,12H,3-4H2,(H,15,16)(H,17,18). The maximum Gasteiger partial charge on any atom is 0.172 e. The van der Waals surface area contributed by atoms with E-state index in [0.29, 0.717) is 14.5 Å². The largest absolute Gasteiger partial charge is 0.286 e. The number of thioether (sulfide) groups is 1. The summed E-state index contributed by atoms with van der Waals surface area (Å²) in [7, 11) is 0. The first-order valence-electron chi connectivity index (χ1n) is 5.27. The van der Waals surface area contributed by atoms with Crippen LogP contribution in [0.3, 0.4) is 0 Å². The maximum atomic E-state index is 5.20. The maximum absolute atomic E-state index is 5.20. The predicted octanol–water partition coefficient (Wildman–Crippen LogP) is 1.55. The average molecular weight is 350 g/mol. The zero-order valence-corrected chi connectivity index (χ0v) is 13.9. The molecular weight excluding hydrogens is 338 g/mol. The molecule has 1 aliphatic rings. The minimum atomic E-state index is -0.0443. The first-order valence-corrected chi connectivity index (χ1v) is 8.03. The molecule has 1 aromatic heterocycles. The fraction of sp³-hybridized carbons (Fsp3) is 0.333. The van der Waals surface area contributed by atoms with Gasteiger partial charge in [0.05, 0.1) is 6.20 Å². The van der Waals surface area contributed by atoms with Gasteiger partial charge >= 0.3 is 0 Å². The molecule has 0 radical (unpaired) electrons. The Bertz CT molecular complexity index is 463. The van der Waals surface area contributed by atoms with Crippen LogP contribution in [0.4, 0.5) is 5.82 Å².